The summed E-state index contributed by atoms with van der Waals surface area (Å²) in [6, 6.07) is 19.6. The number of carbonyl (C=O) groups is 3. The third-order valence-electron chi connectivity index (χ3n) is 5.39. The molecule has 3 amide bonds. The molecule has 11 heteroatoms. The molecule has 10 nitrogen and oxygen atoms in total. The topological polar surface area (TPSA) is 127 Å². The van der Waals surface area contributed by atoms with Crippen LogP contribution in [0, 0.1) is 0 Å². The molecule has 0 spiro atoms. The summed E-state index contributed by atoms with van der Waals surface area (Å²) in [6.45, 7) is 0.370. The van der Waals surface area contributed by atoms with Crippen molar-refractivity contribution in [3.63, 3.8) is 0 Å². The van der Waals surface area contributed by atoms with Crippen molar-refractivity contribution < 1.29 is 28.6 Å². The summed E-state index contributed by atoms with van der Waals surface area (Å²) in [6.07, 6.45) is 1.75. The van der Waals surface area contributed by atoms with E-state index in [0.29, 0.717) is 40.8 Å². The molecule has 39 heavy (non-hydrogen) atoms. The molecule has 0 fully saturated rings. The SMILES string of the molecule is COc1ccc(CCNC(=O)C(=O)N/N=C\c2cc(Cl)ccc2OCC(=O)NCc2ccccc2)cc1OC. The maximum atomic E-state index is 12.2. The lowest BCUT2D eigenvalue weighted by Gasteiger charge is -2.10. The number of hydrogen-bond donors (Lipinski definition) is 3. The molecule has 0 aliphatic heterocycles. The van der Waals surface area contributed by atoms with E-state index in [2.05, 4.69) is 21.2 Å². The second kappa shape index (κ2) is 15.0. The van der Waals surface area contributed by atoms with Gasteiger partial charge in [-0.15, -0.1) is 0 Å². The van der Waals surface area contributed by atoms with Gasteiger partial charge in [0.25, 0.3) is 5.91 Å². The number of hydrazone groups is 1. The molecule has 0 saturated heterocycles. The molecule has 0 radical (unpaired) electrons. The van der Waals surface area contributed by atoms with Gasteiger partial charge >= 0.3 is 11.8 Å². The lowest BCUT2D eigenvalue weighted by Crippen LogP contribution is -2.38. The molecule has 3 rings (SSSR count). The van der Waals surface area contributed by atoms with Crippen LogP contribution in [0.4, 0.5) is 0 Å². The Hall–Kier alpha value is -4.57. The number of amides is 3. The molecule has 0 aliphatic carbocycles. The van der Waals surface area contributed by atoms with Crippen molar-refractivity contribution in [1.29, 1.82) is 0 Å². The van der Waals surface area contributed by atoms with Gasteiger partial charge < -0.3 is 24.8 Å². The Labute approximate surface area is 231 Å². The number of halogens is 1. The summed E-state index contributed by atoms with van der Waals surface area (Å²) in [7, 11) is 3.09. The fourth-order valence-corrected chi connectivity index (χ4v) is 3.57. The quantitative estimate of drug-likeness (QED) is 0.180. The summed E-state index contributed by atoms with van der Waals surface area (Å²) < 4.78 is 16.1. The predicted octanol–water partition coefficient (Wildman–Crippen LogP) is 2.86. The molecule has 0 aliphatic rings. The normalized spacial score (nSPS) is 10.5. The second-order valence-electron chi connectivity index (χ2n) is 8.13. The maximum absolute atomic E-state index is 12.2. The number of nitrogens with one attached hydrogen (secondary N) is 3. The van der Waals surface area contributed by atoms with E-state index in [9.17, 15) is 14.4 Å². The van der Waals surface area contributed by atoms with Gasteiger partial charge in [-0.3, -0.25) is 14.4 Å². The molecule has 204 valence electrons. The first-order chi connectivity index (χ1) is 18.9. The van der Waals surface area contributed by atoms with E-state index < -0.39 is 11.8 Å². The van der Waals surface area contributed by atoms with Gasteiger partial charge in [0, 0.05) is 23.7 Å². The standard InChI is InChI=1S/C28H29ClN4O6/c1-37-24-10-8-19(14-25(24)38-2)12-13-30-27(35)28(36)33-32-17-21-15-22(29)9-11-23(21)39-18-26(34)31-16-20-6-4-3-5-7-20/h3-11,14-15,17H,12-13,16,18H2,1-2H3,(H,30,35)(H,31,34)(H,33,36)/b32-17-. The number of hydrogen-bond acceptors (Lipinski definition) is 7. The zero-order valence-electron chi connectivity index (χ0n) is 21.5. The van der Waals surface area contributed by atoms with E-state index in [4.69, 9.17) is 25.8 Å². The van der Waals surface area contributed by atoms with Gasteiger partial charge in [0.05, 0.1) is 20.4 Å². The smallest absolute Gasteiger partial charge is 0.329 e. The number of carbonyl (C=O) groups excluding carboxylic acids is 3. The second-order valence-corrected chi connectivity index (χ2v) is 8.56. The van der Waals surface area contributed by atoms with Crippen LogP contribution in [-0.2, 0) is 27.3 Å². The highest BCUT2D eigenvalue weighted by molar-refractivity contribution is 6.35. The highest BCUT2D eigenvalue weighted by Gasteiger charge is 2.13. The van der Waals surface area contributed by atoms with Gasteiger partial charge in [-0.2, -0.15) is 5.10 Å². The average Bonchev–Trinajstić information content (AvgIpc) is 2.95. The third kappa shape index (κ3) is 9.35. The highest BCUT2D eigenvalue weighted by atomic mass is 35.5. The Morgan fingerprint density at radius 3 is 2.33 bits per heavy atom. The van der Waals surface area contributed by atoms with Gasteiger partial charge in [-0.25, -0.2) is 5.43 Å². The van der Waals surface area contributed by atoms with E-state index in [1.807, 2.05) is 36.4 Å². The van der Waals surface area contributed by atoms with E-state index in [1.165, 1.54) is 13.3 Å². The Morgan fingerprint density at radius 2 is 1.59 bits per heavy atom. The molecule has 0 atom stereocenters. The molecule has 0 heterocycles. The van der Waals surface area contributed by atoms with Crippen LogP contribution < -0.4 is 30.3 Å². The van der Waals surface area contributed by atoms with Crippen LogP contribution >= 0.6 is 11.6 Å². The van der Waals surface area contributed by atoms with Crippen LogP contribution in [0.5, 0.6) is 17.2 Å². The van der Waals surface area contributed by atoms with Crippen molar-refractivity contribution in [1.82, 2.24) is 16.1 Å². The fourth-order valence-electron chi connectivity index (χ4n) is 3.39. The molecule has 0 bridgehead atoms. The number of benzene rings is 3. The molecule has 0 saturated carbocycles. The average molecular weight is 553 g/mol. The molecule has 3 aromatic rings. The minimum Gasteiger partial charge on any atom is -0.493 e. The Morgan fingerprint density at radius 1 is 0.846 bits per heavy atom. The monoisotopic (exact) mass is 552 g/mol. The van der Waals surface area contributed by atoms with E-state index >= 15 is 0 Å². The Kier molecular flexibility index (Phi) is 11.1. The summed E-state index contributed by atoms with van der Waals surface area (Å²) in [5.41, 5.74) is 4.44. The highest BCUT2D eigenvalue weighted by Crippen LogP contribution is 2.27. The molecule has 0 unspecified atom stereocenters. The van der Waals surface area contributed by atoms with Crippen molar-refractivity contribution >= 4 is 35.5 Å². The van der Waals surface area contributed by atoms with E-state index in [-0.39, 0.29) is 19.1 Å². The summed E-state index contributed by atoms with van der Waals surface area (Å²) in [4.78, 5) is 36.4. The molecule has 0 aromatic heterocycles. The predicted molar refractivity (Wildman–Crippen MR) is 147 cm³/mol. The largest absolute Gasteiger partial charge is 0.493 e. The van der Waals surface area contributed by atoms with E-state index in [1.54, 1.807) is 37.4 Å². The summed E-state index contributed by atoms with van der Waals surface area (Å²) >= 11 is 6.07. The zero-order chi connectivity index (χ0) is 28.0. The molecule has 3 N–H and O–H groups in total. The molecular weight excluding hydrogens is 524 g/mol. The maximum Gasteiger partial charge on any atom is 0.329 e. The summed E-state index contributed by atoms with van der Waals surface area (Å²) in [5.74, 6) is -0.595. The van der Waals surface area contributed by atoms with Crippen molar-refractivity contribution in [2.75, 3.05) is 27.4 Å². The van der Waals surface area contributed by atoms with Crippen LogP contribution in [0.25, 0.3) is 0 Å². The van der Waals surface area contributed by atoms with Gasteiger partial charge in [0.15, 0.2) is 18.1 Å². The number of rotatable bonds is 12. The number of nitrogens with zero attached hydrogens (tertiary/aromatic N) is 1. The zero-order valence-corrected chi connectivity index (χ0v) is 22.3. The van der Waals surface area contributed by atoms with Crippen molar-refractivity contribution in [2.45, 2.75) is 13.0 Å². The first kappa shape index (κ1) is 29.0. The minimum absolute atomic E-state index is 0.226. The lowest BCUT2D eigenvalue weighted by molar-refractivity contribution is -0.139. The molecular formula is C28H29ClN4O6. The van der Waals surface area contributed by atoms with Crippen molar-refractivity contribution in [3.05, 3.63) is 88.4 Å². The Bertz CT molecular complexity index is 1320. The number of ether oxygens (including phenoxy) is 3. The Balaban J connectivity index is 1.46. The van der Waals surface area contributed by atoms with Crippen LogP contribution in [0.2, 0.25) is 5.02 Å². The first-order valence-corrected chi connectivity index (χ1v) is 12.3. The fraction of sp³-hybridized carbons (Fsp3) is 0.214. The summed E-state index contributed by atoms with van der Waals surface area (Å²) in [5, 5.41) is 9.53. The van der Waals surface area contributed by atoms with Crippen LogP contribution in [0.15, 0.2) is 71.8 Å². The number of methoxy groups -OCH3 is 2. The van der Waals surface area contributed by atoms with Crippen LogP contribution in [-0.4, -0.2) is 51.3 Å². The van der Waals surface area contributed by atoms with Crippen LogP contribution in [0.3, 0.4) is 0 Å². The van der Waals surface area contributed by atoms with Crippen molar-refractivity contribution in [2.24, 2.45) is 5.10 Å². The van der Waals surface area contributed by atoms with Gasteiger partial charge in [-0.05, 0) is 47.9 Å². The van der Waals surface area contributed by atoms with E-state index in [0.717, 1.165) is 11.1 Å². The van der Waals surface area contributed by atoms with Gasteiger partial charge in [-0.1, -0.05) is 48.0 Å². The minimum atomic E-state index is -0.941. The first-order valence-electron chi connectivity index (χ1n) is 11.9. The van der Waals surface area contributed by atoms with Crippen molar-refractivity contribution in [3.8, 4) is 17.2 Å². The van der Waals surface area contributed by atoms with Gasteiger partial charge in [0.2, 0.25) is 0 Å². The van der Waals surface area contributed by atoms with Crippen LogP contribution in [0.1, 0.15) is 16.7 Å². The lowest BCUT2D eigenvalue weighted by atomic mass is 10.1. The molecule has 3 aromatic carbocycles. The van der Waals surface area contributed by atoms with Gasteiger partial charge in [0.1, 0.15) is 5.75 Å². The third-order valence-corrected chi connectivity index (χ3v) is 5.62.